The van der Waals surface area contributed by atoms with Crippen molar-refractivity contribution in [2.45, 2.75) is 26.4 Å². The number of anilines is 1. The van der Waals surface area contributed by atoms with E-state index >= 15 is 0 Å². The van der Waals surface area contributed by atoms with Crippen molar-refractivity contribution < 1.29 is 4.79 Å². The SMILES string of the molecule is CC(C)Nc1ccccc1C(=O)NCc1cn[nH]c1. The van der Waals surface area contributed by atoms with Crippen molar-refractivity contribution in [3.05, 3.63) is 47.8 Å². The van der Waals surface area contributed by atoms with Crippen molar-refractivity contribution in [1.29, 1.82) is 0 Å². The number of rotatable bonds is 5. The van der Waals surface area contributed by atoms with Gasteiger partial charge in [0.15, 0.2) is 0 Å². The summed E-state index contributed by atoms with van der Waals surface area (Å²) in [7, 11) is 0. The molecule has 0 fully saturated rings. The van der Waals surface area contributed by atoms with Gasteiger partial charge in [-0.25, -0.2) is 0 Å². The lowest BCUT2D eigenvalue weighted by atomic mass is 10.1. The molecule has 1 heterocycles. The third-order valence-corrected chi connectivity index (χ3v) is 2.62. The molecule has 0 aliphatic rings. The summed E-state index contributed by atoms with van der Waals surface area (Å²) < 4.78 is 0. The summed E-state index contributed by atoms with van der Waals surface area (Å²) in [4.78, 5) is 12.2. The quantitative estimate of drug-likeness (QED) is 0.769. The van der Waals surface area contributed by atoms with Crippen LogP contribution < -0.4 is 10.6 Å². The van der Waals surface area contributed by atoms with Crippen LogP contribution in [-0.2, 0) is 6.54 Å². The molecule has 1 amide bonds. The van der Waals surface area contributed by atoms with Crippen LogP contribution >= 0.6 is 0 Å². The van der Waals surface area contributed by atoms with Gasteiger partial charge < -0.3 is 10.6 Å². The fraction of sp³-hybridized carbons (Fsp3) is 0.286. The highest BCUT2D eigenvalue weighted by molar-refractivity contribution is 5.99. The van der Waals surface area contributed by atoms with Crippen LogP contribution in [0.5, 0.6) is 0 Å². The molecule has 19 heavy (non-hydrogen) atoms. The highest BCUT2D eigenvalue weighted by atomic mass is 16.1. The molecule has 0 unspecified atom stereocenters. The zero-order valence-electron chi connectivity index (χ0n) is 11.1. The molecule has 2 rings (SSSR count). The van der Waals surface area contributed by atoms with Crippen molar-refractivity contribution in [2.24, 2.45) is 0 Å². The Balaban J connectivity index is 2.06. The van der Waals surface area contributed by atoms with Crippen LogP contribution in [-0.4, -0.2) is 22.1 Å². The number of aromatic amines is 1. The number of para-hydroxylation sites is 1. The van der Waals surface area contributed by atoms with E-state index in [2.05, 4.69) is 20.8 Å². The van der Waals surface area contributed by atoms with Gasteiger partial charge in [-0.2, -0.15) is 5.10 Å². The Morgan fingerprint density at radius 3 is 2.84 bits per heavy atom. The average Bonchev–Trinajstić information content (AvgIpc) is 2.89. The van der Waals surface area contributed by atoms with Gasteiger partial charge in [-0.05, 0) is 26.0 Å². The van der Waals surface area contributed by atoms with Crippen molar-refractivity contribution in [3.8, 4) is 0 Å². The number of hydrogen-bond donors (Lipinski definition) is 3. The molecule has 0 radical (unpaired) electrons. The van der Waals surface area contributed by atoms with E-state index in [0.717, 1.165) is 11.3 Å². The molecule has 3 N–H and O–H groups in total. The van der Waals surface area contributed by atoms with Crippen LogP contribution in [0, 0.1) is 0 Å². The minimum absolute atomic E-state index is 0.0926. The van der Waals surface area contributed by atoms with E-state index < -0.39 is 0 Å². The monoisotopic (exact) mass is 258 g/mol. The van der Waals surface area contributed by atoms with Gasteiger partial charge in [0.25, 0.3) is 5.91 Å². The number of nitrogens with zero attached hydrogens (tertiary/aromatic N) is 1. The van der Waals surface area contributed by atoms with Crippen molar-refractivity contribution >= 4 is 11.6 Å². The molecule has 0 atom stereocenters. The van der Waals surface area contributed by atoms with E-state index in [1.807, 2.05) is 38.1 Å². The minimum Gasteiger partial charge on any atom is -0.382 e. The maximum atomic E-state index is 12.2. The predicted molar refractivity (Wildman–Crippen MR) is 75.0 cm³/mol. The normalized spacial score (nSPS) is 10.5. The van der Waals surface area contributed by atoms with Crippen molar-refractivity contribution in [2.75, 3.05) is 5.32 Å². The van der Waals surface area contributed by atoms with E-state index in [9.17, 15) is 4.79 Å². The molecule has 0 saturated heterocycles. The van der Waals surface area contributed by atoms with Crippen LogP contribution in [0.4, 0.5) is 5.69 Å². The van der Waals surface area contributed by atoms with E-state index in [0.29, 0.717) is 12.1 Å². The Bertz CT molecular complexity index is 534. The standard InChI is InChI=1S/C14H18N4O/c1-10(2)18-13-6-4-3-5-12(13)14(19)15-7-11-8-16-17-9-11/h3-6,8-10,18H,7H2,1-2H3,(H,15,19)(H,16,17). The summed E-state index contributed by atoms with van der Waals surface area (Å²) in [5, 5.41) is 12.7. The van der Waals surface area contributed by atoms with Crippen LogP contribution in [0.3, 0.4) is 0 Å². The second kappa shape index (κ2) is 6.04. The lowest BCUT2D eigenvalue weighted by Crippen LogP contribution is -2.24. The second-order valence-electron chi connectivity index (χ2n) is 4.63. The first-order valence-electron chi connectivity index (χ1n) is 6.28. The smallest absolute Gasteiger partial charge is 0.253 e. The van der Waals surface area contributed by atoms with Gasteiger partial charge >= 0.3 is 0 Å². The predicted octanol–water partition coefficient (Wildman–Crippen LogP) is 2.16. The van der Waals surface area contributed by atoms with E-state index in [4.69, 9.17) is 0 Å². The molecule has 0 saturated carbocycles. The summed E-state index contributed by atoms with van der Waals surface area (Å²) in [6.07, 6.45) is 3.46. The van der Waals surface area contributed by atoms with Crippen LogP contribution in [0.1, 0.15) is 29.8 Å². The largest absolute Gasteiger partial charge is 0.382 e. The number of aromatic nitrogens is 2. The average molecular weight is 258 g/mol. The summed E-state index contributed by atoms with van der Waals surface area (Å²) in [5.41, 5.74) is 2.45. The third kappa shape index (κ3) is 3.58. The number of hydrogen-bond acceptors (Lipinski definition) is 3. The van der Waals surface area contributed by atoms with Crippen LogP contribution in [0.15, 0.2) is 36.7 Å². The van der Waals surface area contributed by atoms with Gasteiger partial charge in [0.2, 0.25) is 0 Å². The zero-order valence-corrected chi connectivity index (χ0v) is 11.1. The fourth-order valence-corrected chi connectivity index (χ4v) is 1.77. The molecule has 2 aromatic rings. The highest BCUT2D eigenvalue weighted by Crippen LogP contribution is 2.16. The third-order valence-electron chi connectivity index (χ3n) is 2.62. The molecule has 5 heteroatoms. The summed E-state index contributed by atoms with van der Waals surface area (Å²) >= 11 is 0. The van der Waals surface area contributed by atoms with E-state index in [1.54, 1.807) is 12.4 Å². The molecule has 0 aliphatic heterocycles. The van der Waals surface area contributed by atoms with E-state index in [-0.39, 0.29) is 11.9 Å². The number of H-pyrrole nitrogens is 1. The second-order valence-corrected chi connectivity index (χ2v) is 4.63. The number of nitrogens with one attached hydrogen (secondary N) is 3. The molecular formula is C14H18N4O. The van der Waals surface area contributed by atoms with Crippen molar-refractivity contribution in [3.63, 3.8) is 0 Å². The molecule has 100 valence electrons. The lowest BCUT2D eigenvalue weighted by Gasteiger charge is -2.14. The molecule has 1 aromatic carbocycles. The molecular weight excluding hydrogens is 240 g/mol. The maximum Gasteiger partial charge on any atom is 0.253 e. The summed E-state index contributed by atoms with van der Waals surface area (Å²) in [5.74, 6) is -0.0926. The first-order chi connectivity index (χ1) is 9.16. The van der Waals surface area contributed by atoms with E-state index in [1.165, 1.54) is 0 Å². The number of carbonyl (C=O) groups excluding carboxylic acids is 1. The molecule has 0 aliphatic carbocycles. The first-order valence-corrected chi connectivity index (χ1v) is 6.28. The van der Waals surface area contributed by atoms with Gasteiger partial charge in [0, 0.05) is 30.0 Å². The topological polar surface area (TPSA) is 69.8 Å². The molecule has 0 spiro atoms. The Labute approximate surface area is 112 Å². The number of benzene rings is 1. The minimum atomic E-state index is -0.0926. The summed E-state index contributed by atoms with van der Waals surface area (Å²) in [6.45, 7) is 4.55. The maximum absolute atomic E-state index is 12.2. The number of carbonyl (C=O) groups is 1. The van der Waals surface area contributed by atoms with Gasteiger partial charge in [0.1, 0.15) is 0 Å². The zero-order chi connectivity index (χ0) is 13.7. The Kier molecular flexibility index (Phi) is 4.18. The van der Waals surface area contributed by atoms with Gasteiger partial charge in [0.05, 0.1) is 11.8 Å². The Morgan fingerprint density at radius 2 is 2.16 bits per heavy atom. The Morgan fingerprint density at radius 1 is 1.37 bits per heavy atom. The molecule has 1 aromatic heterocycles. The highest BCUT2D eigenvalue weighted by Gasteiger charge is 2.11. The summed E-state index contributed by atoms with van der Waals surface area (Å²) in [6, 6.07) is 7.78. The first kappa shape index (κ1) is 13.1. The lowest BCUT2D eigenvalue weighted by molar-refractivity contribution is 0.0951. The van der Waals surface area contributed by atoms with Crippen LogP contribution in [0.25, 0.3) is 0 Å². The number of amides is 1. The Hall–Kier alpha value is -2.30. The van der Waals surface area contributed by atoms with Crippen LogP contribution in [0.2, 0.25) is 0 Å². The van der Waals surface area contributed by atoms with Crippen molar-refractivity contribution in [1.82, 2.24) is 15.5 Å². The fourth-order valence-electron chi connectivity index (χ4n) is 1.77. The molecule has 0 bridgehead atoms. The van der Waals surface area contributed by atoms with Gasteiger partial charge in [-0.1, -0.05) is 12.1 Å². The molecule has 5 nitrogen and oxygen atoms in total. The van der Waals surface area contributed by atoms with Gasteiger partial charge in [-0.15, -0.1) is 0 Å². The van der Waals surface area contributed by atoms with Gasteiger partial charge in [-0.3, -0.25) is 9.89 Å².